The molecule has 1 aliphatic carbocycles. The standard InChI is InChI=1S/C45H32N2O2/c1-45(2)37-26-30(19-20-35(37)36-21-18-27-10-3-4-13-34(27)42(36)45)28-11-9-12-29(22-28)31-23-32(43-46-38-14-5-7-16-40(38)48-43)25-33(24-31)44-47-39-15-6-8-17-41(39)49-44/h3-26,43,46H,1-2H3. The fourth-order valence-electron chi connectivity index (χ4n) is 7.88. The molecule has 0 saturated carbocycles. The second-order valence-corrected chi connectivity index (χ2v) is 13.6. The van der Waals surface area contributed by atoms with Crippen LogP contribution in [0.15, 0.2) is 150 Å². The summed E-state index contributed by atoms with van der Waals surface area (Å²) < 4.78 is 12.6. The molecule has 0 amide bonds. The van der Waals surface area contributed by atoms with Gasteiger partial charge in [-0.3, -0.25) is 0 Å². The van der Waals surface area contributed by atoms with Crippen molar-refractivity contribution in [3.63, 3.8) is 0 Å². The Bertz CT molecular complexity index is 2550. The Morgan fingerprint density at radius 2 is 1.35 bits per heavy atom. The molecule has 0 fully saturated rings. The number of benzene rings is 7. The van der Waals surface area contributed by atoms with Crippen LogP contribution in [0.3, 0.4) is 0 Å². The van der Waals surface area contributed by atoms with E-state index in [-0.39, 0.29) is 11.6 Å². The number of aromatic nitrogens is 1. The summed E-state index contributed by atoms with van der Waals surface area (Å²) in [7, 11) is 0. The fraction of sp³-hybridized carbons (Fsp3) is 0.0889. The first-order valence-corrected chi connectivity index (χ1v) is 16.8. The molecule has 0 spiro atoms. The van der Waals surface area contributed by atoms with Crippen LogP contribution in [-0.4, -0.2) is 4.98 Å². The highest BCUT2D eigenvalue weighted by Crippen LogP contribution is 2.52. The summed E-state index contributed by atoms with van der Waals surface area (Å²) in [4.78, 5) is 4.85. The van der Waals surface area contributed by atoms with Crippen molar-refractivity contribution in [2.45, 2.75) is 25.5 Å². The summed E-state index contributed by atoms with van der Waals surface area (Å²) in [6, 6.07) is 51.6. The van der Waals surface area contributed by atoms with Gasteiger partial charge in [-0.2, -0.15) is 0 Å². The van der Waals surface area contributed by atoms with Gasteiger partial charge in [0, 0.05) is 16.5 Å². The molecule has 0 radical (unpaired) electrons. The number of ether oxygens (including phenoxy) is 1. The van der Waals surface area contributed by atoms with Crippen LogP contribution in [0.4, 0.5) is 5.69 Å². The van der Waals surface area contributed by atoms with E-state index >= 15 is 0 Å². The monoisotopic (exact) mass is 632 g/mol. The van der Waals surface area contributed by atoms with Crippen molar-refractivity contribution in [3.05, 3.63) is 162 Å². The topological polar surface area (TPSA) is 47.3 Å². The minimum absolute atomic E-state index is 0.117. The Hall–Kier alpha value is -6.13. The number of oxazole rings is 1. The molecule has 8 aromatic rings. The quantitative estimate of drug-likeness (QED) is 0.210. The molecule has 7 aromatic carbocycles. The first kappa shape index (κ1) is 27.9. The van der Waals surface area contributed by atoms with E-state index in [2.05, 4.69) is 116 Å². The number of rotatable bonds is 4. The van der Waals surface area contributed by atoms with Crippen molar-refractivity contribution >= 4 is 27.6 Å². The lowest BCUT2D eigenvalue weighted by Crippen LogP contribution is -2.15. The van der Waals surface area contributed by atoms with Crippen LogP contribution in [0, 0.1) is 0 Å². The van der Waals surface area contributed by atoms with E-state index < -0.39 is 0 Å². The van der Waals surface area contributed by atoms with Crippen molar-refractivity contribution in [3.8, 4) is 50.6 Å². The van der Waals surface area contributed by atoms with Gasteiger partial charge < -0.3 is 14.5 Å². The normalized spacial score (nSPS) is 15.4. The highest BCUT2D eigenvalue weighted by Gasteiger charge is 2.37. The summed E-state index contributed by atoms with van der Waals surface area (Å²) >= 11 is 0. The van der Waals surface area contributed by atoms with Crippen molar-refractivity contribution in [1.82, 2.24) is 4.98 Å². The largest absolute Gasteiger partial charge is 0.464 e. The molecule has 1 atom stereocenters. The molecule has 0 saturated heterocycles. The zero-order valence-electron chi connectivity index (χ0n) is 27.2. The Morgan fingerprint density at radius 1 is 0.612 bits per heavy atom. The Kier molecular flexibility index (Phi) is 5.95. The maximum absolute atomic E-state index is 6.38. The van der Waals surface area contributed by atoms with Crippen molar-refractivity contribution in [2.75, 3.05) is 5.32 Å². The molecule has 234 valence electrons. The van der Waals surface area contributed by atoms with Crippen LogP contribution in [0.2, 0.25) is 0 Å². The SMILES string of the molecule is CC1(C)c2cc(-c3cccc(-c4cc(-c5nc6ccccc6o5)cc(C5Nc6ccccc6O5)c4)c3)ccc2-c2ccc3ccccc3c21. The zero-order chi connectivity index (χ0) is 32.7. The van der Waals surface area contributed by atoms with Gasteiger partial charge in [-0.15, -0.1) is 0 Å². The second-order valence-electron chi connectivity index (χ2n) is 13.6. The van der Waals surface area contributed by atoms with Gasteiger partial charge in [0.05, 0.1) is 5.69 Å². The van der Waals surface area contributed by atoms with Crippen LogP contribution in [0.1, 0.15) is 36.8 Å². The number of fused-ring (bicyclic) bond motifs is 7. The minimum atomic E-state index is -0.333. The average molecular weight is 633 g/mol. The molecular formula is C45H32N2O2. The molecule has 1 aromatic heterocycles. The van der Waals surface area contributed by atoms with E-state index in [1.54, 1.807) is 0 Å². The van der Waals surface area contributed by atoms with Crippen LogP contribution in [0.25, 0.3) is 66.7 Å². The van der Waals surface area contributed by atoms with E-state index in [9.17, 15) is 0 Å². The maximum Gasteiger partial charge on any atom is 0.227 e. The van der Waals surface area contributed by atoms with Gasteiger partial charge in [-0.25, -0.2) is 4.98 Å². The molecule has 10 rings (SSSR count). The van der Waals surface area contributed by atoms with E-state index in [0.717, 1.165) is 44.8 Å². The maximum atomic E-state index is 6.38. The predicted octanol–water partition coefficient (Wildman–Crippen LogP) is 11.8. The summed E-state index contributed by atoms with van der Waals surface area (Å²) in [5.74, 6) is 1.43. The third kappa shape index (κ3) is 4.41. The van der Waals surface area contributed by atoms with Gasteiger partial charge in [0.2, 0.25) is 5.89 Å². The smallest absolute Gasteiger partial charge is 0.227 e. The first-order chi connectivity index (χ1) is 24.0. The molecular weight excluding hydrogens is 601 g/mol. The summed E-state index contributed by atoms with van der Waals surface area (Å²) in [6.45, 7) is 4.72. The van der Waals surface area contributed by atoms with Gasteiger partial charge >= 0.3 is 0 Å². The zero-order valence-corrected chi connectivity index (χ0v) is 27.2. The molecule has 1 N–H and O–H groups in total. The van der Waals surface area contributed by atoms with E-state index in [1.807, 2.05) is 48.5 Å². The molecule has 2 aliphatic rings. The summed E-state index contributed by atoms with van der Waals surface area (Å²) in [5, 5.41) is 6.17. The van der Waals surface area contributed by atoms with Crippen molar-refractivity contribution in [1.29, 1.82) is 0 Å². The number of para-hydroxylation sites is 4. The molecule has 49 heavy (non-hydrogen) atoms. The molecule has 0 bridgehead atoms. The van der Waals surface area contributed by atoms with Gasteiger partial charge in [-0.1, -0.05) is 105 Å². The second kappa shape index (κ2) is 10.4. The fourth-order valence-corrected chi connectivity index (χ4v) is 7.88. The van der Waals surface area contributed by atoms with Gasteiger partial charge in [0.25, 0.3) is 0 Å². The number of hydrogen-bond donors (Lipinski definition) is 1. The Labute approximate surface area is 284 Å². The van der Waals surface area contributed by atoms with Gasteiger partial charge in [-0.05, 0) is 110 Å². The Morgan fingerprint density at radius 3 is 2.24 bits per heavy atom. The number of nitrogens with zero attached hydrogens (tertiary/aromatic N) is 1. The van der Waals surface area contributed by atoms with Crippen LogP contribution >= 0.6 is 0 Å². The lowest BCUT2D eigenvalue weighted by molar-refractivity contribution is 0.260. The highest BCUT2D eigenvalue weighted by atomic mass is 16.5. The molecule has 2 heterocycles. The van der Waals surface area contributed by atoms with Crippen molar-refractivity contribution < 1.29 is 9.15 Å². The lowest BCUT2D eigenvalue weighted by Gasteiger charge is -2.23. The van der Waals surface area contributed by atoms with E-state index in [1.165, 1.54) is 44.2 Å². The molecule has 1 aliphatic heterocycles. The van der Waals surface area contributed by atoms with Crippen molar-refractivity contribution in [2.24, 2.45) is 0 Å². The molecule has 4 nitrogen and oxygen atoms in total. The van der Waals surface area contributed by atoms with Crippen LogP contribution in [-0.2, 0) is 5.41 Å². The summed E-state index contributed by atoms with van der Waals surface area (Å²) in [6.07, 6.45) is -0.333. The van der Waals surface area contributed by atoms with Gasteiger partial charge in [0.1, 0.15) is 11.3 Å². The summed E-state index contributed by atoms with van der Waals surface area (Å²) in [5.41, 5.74) is 14.4. The van der Waals surface area contributed by atoms with E-state index in [0.29, 0.717) is 5.89 Å². The average Bonchev–Trinajstić information content (AvgIpc) is 3.84. The van der Waals surface area contributed by atoms with Crippen LogP contribution < -0.4 is 10.1 Å². The van der Waals surface area contributed by atoms with Crippen LogP contribution in [0.5, 0.6) is 5.75 Å². The predicted molar refractivity (Wildman–Crippen MR) is 199 cm³/mol. The number of nitrogens with one attached hydrogen (secondary N) is 1. The Balaban J connectivity index is 1.07. The molecule has 1 unspecified atom stereocenters. The minimum Gasteiger partial charge on any atom is -0.464 e. The van der Waals surface area contributed by atoms with Gasteiger partial charge in [0.15, 0.2) is 11.8 Å². The third-order valence-corrected chi connectivity index (χ3v) is 10.3. The highest BCUT2D eigenvalue weighted by molar-refractivity contribution is 5.98. The van der Waals surface area contributed by atoms with E-state index in [4.69, 9.17) is 14.1 Å². The number of anilines is 1. The first-order valence-electron chi connectivity index (χ1n) is 16.8. The molecule has 4 heteroatoms. The lowest BCUT2D eigenvalue weighted by atomic mass is 9.79. The third-order valence-electron chi connectivity index (χ3n) is 10.3. The number of hydrogen-bond acceptors (Lipinski definition) is 4.